The van der Waals surface area contributed by atoms with Crippen molar-refractivity contribution < 1.29 is 5.11 Å². The summed E-state index contributed by atoms with van der Waals surface area (Å²) in [6, 6.07) is 1.79. The molecule has 4 heteroatoms. The Bertz CT molecular complexity index is 244. The Morgan fingerprint density at radius 3 is 2.91 bits per heavy atom. The summed E-state index contributed by atoms with van der Waals surface area (Å²) in [5.41, 5.74) is 0.731. The lowest BCUT2D eigenvalue weighted by atomic mass is 10.2. The van der Waals surface area contributed by atoms with E-state index < -0.39 is 6.10 Å². The first-order valence-corrected chi connectivity index (χ1v) is 4.41. The fourth-order valence-electron chi connectivity index (χ4n) is 0.700. The zero-order valence-corrected chi connectivity index (χ0v) is 8.01. The monoisotopic (exact) mass is 235 g/mol. The summed E-state index contributed by atoms with van der Waals surface area (Å²) in [6.45, 7) is 0. The number of alkyl halides is 1. The molecule has 2 nitrogen and oxygen atoms in total. The van der Waals surface area contributed by atoms with Crippen LogP contribution >= 0.6 is 27.5 Å². The van der Waals surface area contributed by atoms with E-state index in [4.69, 9.17) is 11.6 Å². The minimum absolute atomic E-state index is 0.193. The van der Waals surface area contributed by atoms with Crippen LogP contribution in [0.1, 0.15) is 11.7 Å². The smallest absolute Gasteiger partial charge is 0.0940 e. The fraction of sp³-hybridized carbons (Fsp3) is 0.286. The molecule has 0 amide bonds. The van der Waals surface area contributed by atoms with Gasteiger partial charge >= 0.3 is 0 Å². The van der Waals surface area contributed by atoms with Crippen LogP contribution in [-0.2, 0) is 0 Å². The van der Waals surface area contributed by atoms with Crippen molar-refractivity contribution in [1.29, 1.82) is 0 Å². The molecule has 0 aliphatic carbocycles. The number of aromatic nitrogens is 1. The van der Waals surface area contributed by atoms with Crippen LogP contribution in [0.25, 0.3) is 0 Å². The molecule has 0 radical (unpaired) electrons. The van der Waals surface area contributed by atoms with E-state index in [1.165, 1.54) is 0 Å². The van der Waals surface area contributed by atoms with Crippen molar-refractivity contribution in [3.63, 3.8) is 0 Å². The van der Waals surface area contributed by atoms with Crippen LogP contribution in [0.2, 0.25) is 0 Å². The number of halogens is 2. The largest absolute Gasteiger partial charge is 0.387 e. The second kappa shape index (κ2) is 4.04. The molecule has 1 aromatic heterocycles. The highest BCUT2D eigenvalue weighted by atomic mass is 79.9. The molecular formula is C7H7BrClNO. The highest BCUT2D eigenvalue weighted by Gasteiger charge is 2.05. The maximum atomic E-state index is 9.26. The normalized spacial score (nSPS) is 13.0. The van der Waals surface area contributed by atoms with E-state index in [9.17, 15) is 5.11 Å². The van der Waals surface area contributed by atoms with Crippen molar-refractivity contribution >= 4 is 27.5 Å². The number of aliphatic hydroxyl groups excluding tert-OH is 1. The molecule has 0 aliphatic heterocycles. The Hall–Kier alpha value is -0.120. The fourth-order valence-corrected chi connectivity index (χ4v) is 1.26. The van der Waals surface area contributed by atoms with Crippen LogP contribution < -0.4 is 0 Å². The lowest BCUT2D eigenvalue weighted by Crippen LogP contribution is -1.98. The minimum Gasteiger partial charge on any atom is -0.387 e. The predicted octanol–water partition coefficient (Wildman–Crippen LogP) is 2.12. The van der Waals surface area contributed by atoms with E-state index in [0.717, 1.165) is 10.0 Å². The first-order chi connectivity index (χ1) is 5.24. The van der Waals surface area contributed by atoms with Crippen molar-refractivity contribution in [2.24, 2.45) is 0 Å². The van der Waals surface area contributed by atoms with E-state index in [1.54, 1.807) is 18.5 Å². The summed E-state index contributed by atoms with van der Waals surface area (Å²) in [5.74, 6) is 0.193. The van der Waals surface area contributed by atoms with Crippen LogP contribution in [0.4, 0.5) is 0 Å². The summed E-state index contributed by atoms with van der Waals surface area (Å²) in [7, 11) is 0. The summed E-state index contributed by atoms with van der Waals surface area (Å²) < 4.78 is 0.846. The van der Waals surface area contributed by atoms with Crippen LogP contribution in [0.5, 0.6) is 0 Å². The average molecular weight is 236 g/mol. The second-order valence-corrected chi connectivity index (χ2v) is 3.33. The molecule has 1 aromatic rings. The molecule has 0 bridgehead atoms. The Labute approximate surface area is 78.3 Å². The number of nitrogens with zero attached hydrogens (tertiary/aromatic N) is 1. The van der Waals surface area contributed by atoms with Crippen LogP contribution in [0.3, 0.4) is 0 Å². The zero-order valence-electron chi connectivity index (χ0n) is 5.67. The second-order valence-electron chi connectivity index (χ2n) is 2.11. The third-order valence-corrected chi connectivity index (χ3v) is 1.98. The van der Waals surface area contributed by atoms with E-state index in [1.807, 2.05) is 0 Å². The molecule has 60 valence electrons. The molecule has 11 heavy (non-hydrogen) atoms. The van der Waals surface area contributed by atoms with Crippen molar-refractivity contribution in [2.45, 2.75) is 6.10 Å². The van der Waals surface area contributed by atoms with Gasteiger partial charge in [-0.05, 0) is 22.0 Å². The summed E-state index contributed by atoms with van der Waals surface area (Å²) in [5, 5.41) is 9.26. The van der Waals surface area contributed by atoms with Gasteiger partial charge in [0, 0.05) is 22.4 Å². The number of hydrogen-bond donors (Lipinski definition) is 1. The number of hydrogen-bond acceptors (Lipinski definition) is 2. The molecule has 0 spiro atoms. The van der Waals surface area contributed by atoms with Crippen molar-refractivity contribution in [3.8, 4) is 0 Å². The maximum Gasteiger partial charge on any atom is 0.0940 e. The Balaban J connectivity index is 2.86. The van der Waals surface area contributed by atoms with Crippen LogP contribution in [-0.4, -0.2) is 16.0 Å². The molecule has 1 heterocycles. The standard InChI is InChI=1S/C7H7BrClNO/c8-6-1-5(3-10-4-6)7(11)2-9/h1,3-4,7,11H,2H2. The molecular weight excluding hydrogens is 229 g/mol. The highest BCUT2D eigenvalue weighted by Crippen LogP contribution is 2.17. The van der Waals surface area contributed by atoms with Gasteiger partial charge in [0.25, 0.3) is 0 Å². The lowest BCUT2D eigenvalue weighted by molar-refractivity contribution is 0.202. The third-order valence-electron chi connectivity index (χ3n) is 1.26. The molecule has 0 saturated heterocycles. The van der Waals surface area contributed by atoms with Gasteiger partial charge in [0.15, 0.2) is 0 Å². The molecule has 1 unspecified atom stereocenters. The SMILES string of the molecule is OC(CCl)c1cncc(Br)c1. The number of rotatable bonds is 2. The first kappa shape index (κ1) is 8.97. The minimum atomic E-state index is -0.623. The topological polar surface area (TPSA) is 33.1 Å². The van der Waals surface area contributed by atoms with Crippen LogP contribution in [0.15, 0.2) is 22.9 Å². The van der Waals surface area contributed by atoms with E-state index in [0.29, 0.717) is 0 Å². The van der Waals surface area contributed by atoms with Crippen molar-refractivity contribution in [2.75, 3.05) is 5.88 Å². The number of aliphatic hydroxyl groups is 1. The third kappa shape index (κ3) is 2.43. The van der Waals surface area contributed by atoms with E-state index >= 15 is 0 Å². The predicted molar refractivity (Wildman–Crippen MR) is 47.6 cm³/mol. The van der Waals surface area contributed by atoms with Gasteiger partial charge in [-0.3, -0.25) is 4.98 Å². The molecule has 1 atom stereocenters. The Morgan fingerprint density at radius 1 is 1.64 bits per heavy atom. The molecule has 1 N–H and O–H groups in total. The quantitative estimate of drug-likeness (QED) is 0.798. The summed E-state index contributed by atoms with van der Waals surface area (Å²) in [6.07, 6.45) is 2.63. The van der Waals surface area contributed by atoms with E-state index in [2.05, 4.69) is 20.9 Å². The molecule has 0 saturated carbocycles. The van der Waals surface area contributed by atoms with E-state index in [-0.39, 0.29) is 5.88 Å². The Morgan fingerprint density at radius 2 is 2.36 bits per heavy atom. The van der Waals surface area contributed by atoms with Crippen LogP contribution in [0, 0.1) is 0 Å². The lowest BCUT2D eigenvalue weighted by Gasteiger charge is -2.05. The molecule has 0 fully saturated rings. The first-order valence-electron chi connectivity index (χ1n) is 3.08. The number of pyridine rings is 1. The molecule has 0 aliphatic rings. The van der Waals surface area contributed by atoms with Gasteiger partial charge in [-0.25, -0.2) is 0 Å². The zero-order chi connectivity index (χ0) is 8.27. The van der Waals surface area contributed by atoms with Gasteiger partial charge in [0.05, 0.1) is 12.0 Å². The van der Waals surface area contributed by atoms with Gasteiger partial charge < -0.3 is 5.11 Å². The van der Waals surface area contributed by atoms with Gasteiger partial charge in [-0.2, -0.15) is 0 Å². The summed E-state index contributed by atoms with van der Waals surface area (Å²) in [4.78, 5) is 3.89. The summed E-state index contributed by atoms with van der Waals surface area (Å²) >= 11 is 8.69. The van der Waals surface area contributed by atoms with Gasteiger partial charge in [-0.15, -0.1) is 11.6 Å². The van der Waals surface area contributed by atoms with Gasteiger partial charge in [0.2, 0.25) is 0 Å². The average Bonchev–Trinajstić information content (AvgIpc) is 2.03. The van der Waals surface area contributed by atoms with Crippen molar-refractivity contribution in [3.05, 3.63) is 28.5 Å². The van der Waals surface area contributed by atoms with Gasteiger partial charge in [-0.1, -0.05) is 0 Å². The molecule has 1 rings (SSSR count). The highest BCUT2D eigenvalue weighted by molar-refractivity contribution is 9.10. The van der Waals surface area contributed by atoms with Crippen molar-refractivity contribution in [1.82, 2.24) is 4.98 Å². The molecule has 0 aromatic carbocycles. The maximum absolute atomic E-state index is 9.26. The Kier molecular flexibility index (Phi) is 3.30. The van der Waals surface area contributed by atoms with Gasteiger partial charge in [0.1, 0.15) is 0 Å².